The Morgan fingerprint density at radius 3 is 2.29 bits per heavy atom. The molecule has 0 aromatic carbocycles. The van der Waals surface area contributed by atoms with E-state index in [0.717, 1.165) is 0 Å². The van der Waals surface area contributed by atoms with Crippen molar-refractivity contribution in [3.8, 4) is 0 Å². The lowest BCUT2D eigenvalue weighted by Gasteiger charge is -2.23. The van der Waals surface area contributed by atoms with Gasteiger partial charge in [-0.2, -0.15) is 0 Å². The molecule has 0 fully saturated rings. The van der Waals surface area contributed by atoms with Crippen molar-refractivity contribution in [2.24, 2.45) is 5.41 Å². The number of hydrogen-bond acceptors (Lipinski definition) is 5. The van der Waals surface area contributed by atoms with Crippen LogP contribution in [-0.4, -0.2) is 32.9 Å². The van der Waals surface area contributed by atoms with Gasteiger partial charge in [-0.05, 0) is 20.8 Å². The number of ether oxygens (including phenoxy) is 1. The molecule has 0 spiro atoms. The summed E-state index contributed by atoms with van der Waals surface area (Å²) in [6.07, 6.45) is 2.31. The number of anilines is 1. The minimum atomic E-state index is -0.936. The van der Waals surface area contributed by atoms with Crippen molar-refractivity contribution >= 4 is 11.7 Å². The smallest absolute Gasteiger partial charge is 0.230 e. The summed E-state index contributed by atoms with van der Waals surface area (Å²) in [5.41, 5.74) is -0.314. The Balaban J connectivity index is 2.60. The first kappa shape index (κ1) is 17.5. The maximum atomic E-state index is 11.8. The molecule has 6 nitrogen and oxygen atoms in total. The summed E-state index contributed by atoms with van der Waals surface area (Å²) in [5, 5.41) is 12.5. The normalized spacial score (nSPS) is 13.9. The fourth-order valence-electron chi connectivity index (χ4n) is 1.46. The molecule has 1 amide bonds. The lowest BCUT2D eigenvalue weighted by Crippen LogP contribution is -2.29. The van der Waals surface area contributed by atoms with E-state index in [2.05, 4.69) is 15.3 Å². The second-order valence-corrected chi connectivity index (χ2v) is 6.99. The second kappa shape index (κ2) is 6.49. The summed E-state index contributed by atoms with van der Waals surface area (Å²) >= 11 is 0. The summed E-state index contributed by atoms with van der Waals surface area (Å²) in [4.78, 5) is 20.1. The van der Waals surface area contributed by atoms with Gasteiger partial charge in [0, 0.05) is 11.8 Å². The lowest BCUT2D eigenvalue weighted by molar-refractivity contribution is -0.164. The molecule has 0 saturated carbocycles. The fraction of sp³-hybridized carbons (Fsp3) is 0.667. The van der Waals surface area contributed by atoms with Crippen LogP contribution in [0.25, 0.3) is 0 Å². The Hall–Kier alpha value is -1.53. The van der Waals surface area contributed by atoms with E-state index in [1.807, 2.05) is 41.5 Å². The molecule has 1 heterocycles. The molecule has 0 aliphatic rings. The highest BCUT2D eigenvalue weighted by Gasteiger charge is 2.22. The largest absolute Gasteiger partial charge is 0.368 e. The third-order valence-corrected chi connectivity index (χ3v) is 2.50. The van der Waals surface area contributed by atoms with Gasteiger partial charge in [-0.3, -0.25) is 9.78 Å². The van der Waals surface area contributed by atoms with Crippen molar-refractivity contribution < 1.29 is 14.6 Å². The summed E-state index contributed by atoms with van der Waals surface area (Å²) in [6.45, 7) is 11.1. The number of carbonyl (C=O) groups excluding carboxylic acids is 1. The summed E-state index contributed by atoms with van der Waals surface area (Å²) in [6, 6.07) is 0. The van der Waals surface area contributed by atoms with Gasteiger partial charge in [-0.1, -0.05) is 20.8 Å². The van der Waals surface area contributed by atoms with Crippen molar-refractivity contribution in [3.05, 3.63) is 18.1 Å². The van der Waals surface area contributed by atoms with Crippen LogP contribution in [0.3, 0.4) is 0 Å². The van der Waals surface area contributed by atoms with Crippen molar-refractivity contribution in [2.45, 2.75) is 59.9 Å². The molecule has 21 heavy (non-hydrogen) atoms. The van der Waals surface area contributed by atoms with Gasteiger partial charge < -0.3 is 15.2 Å². The predicted octanol–water partition coefficient (Wildman–Crippen LogP) is 2.14. The second-order valence-electron chi connectivity index (χ2n) is 6.99. The first-order valence-corrected chi connectivity index (χ1v) is 6.95. The van der Waals surface area contributed by atoms with Crippen LogP contribution < -0.4 is 5.32 Å². The van der Waals surface area contributed by atoms with Crippen LogP contribution in [0.4, 0.5) is 5.82 Å². The van der Waals surface area contributed by atoms with E-state index < -0.39 is 17.3 Å². The molecular formula is C15H25N3O3. The maximum Gasteiger partial charge on any atom is 0.230 e. The number of rotatable bonds is 4. The monoisotopic (exact) mass is 295 g/mol. The van der Waals surface area contributed by atoms with Crippen LogP contribution in [-0.2, 0) is 16.0 Å². The molecule has 1 unspecified atom stereocenters. The van der Waals surface area contributed by atoms with Crippen LogP contribution in [0.1, 0.15) is 47.2 Å². The number of aliphatic hydroxyl groups is 1. The predicted molar refractivity (Wildman–Crippen MR) is 80.7 cm³/mol. The lowest BCUT2D eigenvalue weighted by atomic mass is 9.96. The third-order valence-electron chi connectivity index (χ3n) is 2.50. The standard InChI is InChI=1S/C15H25N3O3/c1-14(2,3)13(20)18-11-9-16-10(8-17-11)7-12(19)21-15(4,5)6/h8-9,12,19H,7H2,1-6H3,(H,17,18,20). The van der Waals surface area contributed by atoms with Gasteiger partial charge in [0.25, 0.3) is 0 Å². The minimum Gasteiger partial charge on any atom is -0.368 e. The first-order chi connectivity index (χ1) is 9.47. The van der Waals surface area contributed by atoms with Gasteiger partial charge in [0.15, 0.2) is 12.1 Å². The molecule has 1 aromatic rings. The van der Waals surface area contributed by atoms with E-state index in [0.29, 0.717) is 11.5 Å². The molecule has 118 valence electrons. The van der Waals surface area contributed by atoms with Gasteiger partial charge in [-0.15, -0.1) is 0 Å². The van der Waals surface area contributed by atoms with Gasteiger partial charge in [0.2, 0.25) is 5.91 Å². The topological polar surface area (TPSA) is 84.3 Å². The number of aliphatic hydroxyl groups excluding tert-OH is 1. The van der Waals surface area contributed by atoms with Crippen molar-refractivity contribution in [1.29, 1.82) is 0 Å². The summed E-state index contributed by atoms with van der Waals surface area (Å²) in [5.74, 6) is 0.269. The fourth-order valence-corrected chi connectivity index (χ4v) is 1.46. The molecule has 0 aliphatic carbocycles. The highest BCUT2D eigenvalue weighted by molar-refractivity contribution is 5.93. The summed E-state index contributed by atoms with van der Waals surface area (Å²) in [7, 11) is 0. The number of aromatic nitrogens is 2. The van der Waals surface area contributed by atoms with E-state index in [1.165, 1.54) is 12.4 Å². The molecule has 0 bridgehead atoms. The average Bonchev–Trinajstić information content (AvgIpc) is 2.27. The quantitative estimate of drug-likeness (QED) is 0.831. The van der Waals surface area contributed by atoms with Gasteiger partial charge in [0.1, 0.15) is 0 Å². The Labute approximate surface area is 126 Å². The SMILES string of the molecule is CC(C)(C)OC(O)Cc1cnc(NC(=O)C(C)(C)C)cn1. The Bertz CT molecular complexity index is 472. The van der Waals surface area contributed by atoms with E-state index in [-0.39, 0.29) is 12.3 Å². The molecule has 1 atom stereocenters. The van der Waals surface area contributed by atoms with Crippen LogP contribution in [0.2, 0.25) is 0 Å². The van der Waals surface area contributed by atoms with Crippen molar-refractivity contribution in [2.75, 3.05) is 5.32 Å². The molecule has 2 N–H and O–H groups in total. The van der Waals surface area contributed by atoms with E-state index in [1.54, 1.807) is 0 Å². The highest BCUT2D eigenvalue weighted by Crippen LogP contribution is 2.16. The van der Waals surface area contributed by atoms with Crippen molar-refractivity contribution in [3.63, 3.8) is 0 Å². The number of hydrogen-bond donors (Lipinski definition) is 2. The van der Waals surface area contributed by atoms with Crippen LogP contribution in [0, 0.1) is 5.41 Å². The Morgan fingerprint density at radius 1 is 1.24 bits per heavy atom. The minimum absolute atomic E-state index is 0.124. The van der Waals surface area contributed by atoms with E-state index in [4.69, 9.17) is 4.74 Å². The zero-order chi connectivity index (χ0) is 16.3. The zero-order valence-electron chi connectivity index (χ0n) is 13.6. The van der Waals surface area contributed by atoms with E-state index >= 15 is 0 Å². The highest BCUT2D eigenvalue weighted by atomic mass is 16.6. The molecule has 1 aromatic heterocycles. The van der Waals surface area contributed by atoms with E-state index in [9.17, 15) is 9.90 Å². The molecular weight excluding hydrogens is 270 g/mol. The van der Waals surface area contributed by atoms with Gasteiger partial charge in [-0.25, -0.2) is 4.98 Å². The summed E-state index contributed by atoms with van der Waals surface area (Å²) < 4.78 is 5.40. The first-order valence-electron chi connectivity index (χ1n) is 6.95. The molecule has 1 rings (SSSR count). The number of nitrogens with zero attached hydrogens (tertiary/aromatic N) is 2. The Morgan fingerprint density at radius 2 is 1.86 bits per heavy atom. The molecule has 0 radical (unpaired) electrons. The Kier molecular flexibility index (Phi) is 5.42. The molecule has 6 heteroatoms. The number of nitrogens with one attached hydrogen (secondary N) is 1. The van der Waals surface area contributed by atoms with Crippen LogP contribution in [0.5, 0.6) is 0 Å². The third kappa shape index (κ3) is 6.64. The number of amides is 1. The average molecular weight is 295 g/mol. The zero-order valence-corrected chi connectivity index (χ0v) is 13.6. The number of carbonyl (C=O) groups is 1. The van der Waals surface area contributed by atoms with Crippen LogP contribution >= 0.6 is 0 Å². The van der Waals surface area contributed by atoms with Gasteiger partial charge in [0.05, 0.1) is 23.7 Å². The molecule has 0 aliphatic heterocycles. The van der Waals surface area contributed by atoms with Gasteiger partial charge >= 0.3 is 0 Å². The van der Waals surface area contributed by atoms with Crippen LogP contribution in [0.15, 0.2) is 12.4 Å². The molecule has 0 saturated heterocycles. The maximum absolute atomic E-state index is 11.8. The van der Waals surface area contributed by atoms with Crippen molar-refractivity contribution in [1.82, 2.24) is 9.97 Å².